The van der Waals surface area contributed by atoms with Crippen LogP contribution >= 0.6 is 0 Å². The average molecular weight is 312 g/mol. The van der Waals surface area contributed by atoms with E-state index in [0.29, 0.717) is 5.69 Å². The highest BCUT2D eigenvalue weighted by molar-refractivity contribution is 6.03. The molecule has 1 amide bonds. The van der Waals surface area contributed by atoms with E-state index >= 15 is 0 Å². The number of benzene rings is 2. The van der Waals surface area contributed by atoms with Crippen molar-refractivity contribution >= 4 is 28.3 Å². The van der Waals surface area contributed by atoms with Crippen molar-refractivity contribution in [3.63, 3.8) is 0 Å². The van der Waals surface area contributed by atoms with Gasteiger partial charge in [-0.3, -0.25) is 9.69 Å². The predicted octanol–water partition coefficient (Wildman–Crippen LogP) is 2.40. The lowest BCUT2D eigenvalue weighted by Crippen LogP contribution is -2.50. The minimum atomic E-state index is -1.01. The number of amides is 1. The molecule has 0 saturated carbocycles. The second kappa shape index (κ2) is 6.38. The van der Waals surface area contributed by atoms with Crippen LogP contribution in [-0.4, -0.2) is 35.6 Å². The number of hydrogen-bond donors (Lipinski definition) is 2. The number of fused-ring (bicyclic) bond motifs is 1. The lowest BCUT2D eigenvalue weighted by molar-refractivity contribution is -0.139. The summed E-state index contributed by atoms with van der Waals surface area (Å²) in [7, 11) is 0. The van der Waals surface area contributed by atoms with E-state index in [9.17, 15) is 14.7 Å². The maximum atomic E-state index is 12.8. The van der Waals surface area contributed by atoms with Gasteiger partial charge < -0.3 is 10.4 Å². The average Bonchev–Trinajstić information content (AvgIpc) is 3.09. The Balaban J connectivity index is 2.01. The first kappa shape index (κ1) is 15.5. The third-order valence-corrected chi connectivity index (χ3v) is 4.35. The van der Waals surface area contributed by atoms with Gasteiger partial charge in [-0.2, -0.15) is 0 Å². The molecule has 2 N–H and O–H groups in total. The summed E-state index contributed by atoms with van der Waals surface area (Å²) >= 11 is 0. The minimum absolute atomic E-state index is 0.173. The summed E-state index contributed by atoms with van der Waals surface area (Å²) < 4.78 is 0. The molecule has 0 aromatic heterocycles. The molecule has 0 bridgehead atoms. The topological polar surface area (TPSA) is 69.6 Å². The molecule has 120 valence electrons. The lowest BCUT2D eigenvalue weighted by atomic mass is 10.1. The Bertz CT molecular complexity index is 738. The van der Waals surface area contributed by atoms with Crippen LogP contribution in [0.1, 0.15) is 19.8 Å². The standard InChI is InChI=1S/C18H20N2O3/c1-12(18(22)23)20(17(21)16-7-4-10-19-16)15-9-8-13-5-2-3-6-14(13)11-15/h2-3,5-6,8-9,11-12,16,19H,4,7,10H2,1H3,(H,22,23)/t12-,16-/m0/s1. The maximum Gasteiger partial charge on any atom is 0.326 e. The van der Waals surface area contributed by atoms with E-state index in [0.717, 1.165) is 30.2 Å². The molecule has 3 rings (SSSR count). The number of carboxylic acid groups (broad SMARTS) is 1. The first-order valence-electron chi connectivity index (χ1n) is 7.86. The molecule has 0 aliphatic carbocycles. The van der Waals surface area contributed by atoms with E-state index < -0.39 is 12.0 Å². The van der Waals surface area contributed by atoms with E-state index in [2.05, 4.69) is 5.32 Å². The lowest BCUT2D eigenvalue weighted by Gasteiger charge is -2.29. The van der Waals surface area contributed by atoms with E-state index in [4.69, 9.17) is 0 Å². The van der Waals surface area contributed by atoms with Gasteiger partial charge in [0, 0.05) is 5.69 Å². The van der Waals surface area contributed by atoms with Gasteiger partial charge in [0.05, 0.1) is 6.04 Å². The highest BCUT2D eigenvalue weighted by Gasteiger charge is 2.33. The van der Waals surface area contributed by atoms with Crippen LogP contribution in [0.15, 0.2) is 42.5 Å². The van der Waals surface area contributed by atoms with Gasteiger partial charge in [-0.25, -0.2) is 4.79 Å². The second-order valence-corrected chi connectivity index (χ2v) is 5.90. The quantitative estimate of drug-likeness (QED) is 0.909. The molecule has 1 aliphatic rings. The number of nitrogens with zero attached hydrogens (tertiary/aromatic N) is 1. The van der Waals surface area contributed by atoms with Crippen LogP contribution in [-0.2, 0) is 9.59 Å². The number of hydrogen-bond acceptors (Lipinski definition) is 3. The Morgan fingerprint density at radius 3 is 2.61 bits per heavy atom. The Morgan fingerprint density at radius 1 is 1.22 bits per heavy atom. The number of carboxylic acids is 1. The smallest absolute Gasteiger partial charge is 0.326 e. The van der Waals surface area contributed by atoms with Crippen LogP contribution in [0.3, 0.4) is 0 Å². The number of carbonyl (C=O) groups excluding carboxylic acids is 1. The molecule has 0 spiro atoms. The summed E-state index contributed by atoms with van der Waals surface area (Å²) in [4.78, 5) is 25.7. The molecule has 1 fully saturated rings. The van der Waals surface area contributed by atoms with Gasteiger partial charge in [-0.15, -0.1) is 0 Å². The van der Waals surface area contributed by atoms with Crippen LogP contribution in [0.4, 0.5) is 5.69 Å². The molecule has 0 unspecified atom stereocenters. The fraction of sp³-hybridized carbons (Fsp3) is 0.333. The van der Waals surface area contributed by atoms with Gasteiger partial charge in [-0.05, 0) is 49.2 Å². The Labute approximate surface area is 134 Å². The van der Waals surface area contributed by atoms with Crippen molar-refractivity contribution in [1.82, 2.24) is 5.32 Å². The van der Waals surface area contributed by atoms with Crippen molar-refractivity contribution in [1.29, 1.82) is 0 Å². The summed E-state index contributed by atoms with van der Waals surface area (Å²) in [6, 6.07) is 12.2. The molecule has 1 saturated heterocycles. The normalized spacial score (nSPS) is 18.7. The van der Waals surface area contributed by atoms with Crippen LogP contribution in [0, 0.1) is 0 Å². The zero-order valence-corrected chi connectivity index (χ0v) is 13.0. The van der Waals surface area contributed by atoms with E-state index in [1.165, 1.54) is 4.90 Å². The number of rotatable bonds is 4. The molecule has 5 nitrogen and oxygen atoms in total. The van der Waals surface area contributed by atoms with Gasteiger partial charge in [0.25, 0.3) is 0 Å². The molecule has 0 radical (unpaired) electrons. The Kier molecular flexibility index (Phi) is 4.30. The SMILES string of the molecule is C[C@@H](C(=O)O)N(C(=O)[C@@H]1CCCN1)c1ccc2ccccc2c1. The summed E-state index contributed by atoms with van der Waals surface area (Å²) in [5.74, 6) is -1.18. The zero-order valence-electron chi connectivity index (χ0n) is 13.0. The van der Waals surface area contributed by atoms with Gasteiger partial charge in [0.1, 0.15) is 6.04 Å². The summed E-state index contributed by atoms with van der Waals surface area (Å²) in [6.45, 7) is 2.34. The molecular formula is C18H20N2O3. The third-order valence-electron chi connectivity index (χ3n) is 4.35. The summed E-state index contributed by atoms with van der Waals surface area (Å²) in [5, 5.41) is 14.6. The van der Waals surface area contributed by atoms with Crippen LogP contribution in [0.5, 0.6) is 0 Å². The van der Waals surface area contributed by atoms with Crippen molar-refractivity contribution in [2.45, 2.75) is 31.8 Å². The Morgan fingerprint density at radius 2 is 1.96 bits per heavy atom. The number of carbonyl (C=O) groups is 2. The summed E-state index contributed by atoms with van der Waals surface area (Å²) in [6.07, 6.45) is 1.68. The van der Waals surface area contributed by atoms with Crippen LogP contribution in [0.2, 0.25) is 0 Å². The fourth-order valence-electron chi connectivity index (χ4n) is 3.04. The van der Waals surface area contributed by atoms with Crippen molar-refractivity contribution < 1.29 is 14.7 Å². The maximum absolute atomic E-state index is 12.8. The van der Waals surface area contributed by atoms with Crippen molar-refractivity contribution in [2.24, 2.45) is 0 Å². The predicted molar refractivity (Wildman–Crippen MR) is 89.6 cm³/mol. The molecule has 1 aliphatic heterocycles. The molecular weight excluding hydrogens is 292 g/mol. The van der Waals surface area contributed by atoms with Crippen molar-refractivity contribution in [2.75, 3.05) is 11.4 Å². The molecule has 2 aromatic rings. The van der Waals surface area contributed by atoms with Crippen molar-refractivity contribution in [3.8, 4) is 0 Å². The van der Waals surface area contributed by atoms with E-state index in [-0.39, 0.29) is 11.9 Å². The number of nitrogens with one attached hydrogen (secondary N) is 1. The Hall–Kier alpha value is -2.40. The van der Waals surface area contributed by atoms with Crippen LogP contribution < -0.4 is 10.2 Å². The zero-order chi connectivity index (χ0) is 16.4. The van der Waals surface area contributed by atoms with Crippen molar-refractivity contribution in [3.05, 3.63) is 42.5 Å². The highest BCUT2D eigenvalue weighted by atomic mass is 16.4. The first-order chi connectivity index (χ1) is 11.1. The molecule has 23 heavy (non-hydrogen) atoms. The van der Waals surface area contributed by atoms with E-state index in [1.54, 1.807) is 6.92 Å². The molecule has 2 aromatic carbocycles. The molecule has 2 atom stereocenters. The minimum Gasteiger partial charge on any atom is -0.480 e. The number of aliphatic carboxylic acids is 1. The monoisotopic (exact) mass is 312 g/mol. The first-order valence-corrected chi connectivity index (χ1v) is 7.86. The van der Waals surface area contributed by atoms with Gasteiger partial charge in [0.2, 0.25) is 5.91 Å². The largest absolute Gasteiger partial charge is 0.480 e. The van der Waals surface area contributed by atoms with Gasteiger partial charge in [-0.1, -0.05) is 30.3 Å². The third kappa shape index (κ3) is 3.05. The number of anilines is 1. The molecule has 5 heteroatoms. The van der Waals surface area contributed by atoms with Gasteiger partial charge in [0.15, 0.2) is 0 Å². The second-order valence-electron chi connectivity index (χ2n) is 5.90. The summed E-state index contributed by atoms with van der Waals surface area (Å²) in [5.41, 5.74) is 0.623. The van der Waals surface area contributed by atoms with E-state index in [1.807, 2.05) is 42.5 Å². The highest BCUT2D eigenvalue weighted by Crippen LogP contribution is 2.25. The van der Waals surface area contributed by atoms with Crippen LogP contribution in [0.25, 0.3) is 10.8 Å². The fourth-order valence-corrected chi connectivity index (χ4v) is 3.04. The molecule has 1 heterocycles. The van der Waals surface area contributed by atoms with Gasteiger partial charge >= 0.3 is 5.97 Å².